The molecule has 4 aromatic rings. The number of anilines is 1. The Morgan fingerprint density at radius 3 is 2.88 bits per heavy atom. The van der Waals surface area contributed by atoms with Crippen LogP contribution in [-0.4, -0.2) is 53.9 Å². The molecule has 4 aromatic heterocycles. The van der Waals surface area contributed by atoms with E-state index in [1.54, 1.807) is 29.0 Å². The van der Waals surface area contributed by atoms with E-state index in [1.165, 1.54) is 11.3 Å². The van der Waals surface area contributed by atoms with Crippen molar-refractivity contribution in [2.75, 3.05) is 25.0 Å². The van der Waals surface area contributed by atoms with E-state index in [0.29, 0.717) is 23.2 Å². The summed E-state index contributed by atoms with van der Waals surface area (Å²) in [6.07, 6.45) is 7.96. The van der Waals surface area contributed by atoms with Crippen molar-refractivity contribution >= 4 is 38.1 Å². The molecule has 2 unspecified atom stereocenters. The summed E-state index contributed by atoms with van der Waals surface area (Å²) >= 11 is 1.30. The summed E-state index contributed by atoms with van der Waals surface area (Å²) in [7, 11) is -1.52. The van der Waals surface area contributed by atoms with E-state index in [1.807, 2.05) is 43.6 Å². The predicted molar refractivity (Wildman–Crippen MR) is 128 cm³/mol. The molecule has 9 heteroatoms. The highest BCUT2D eigenvalue weighted by Gasteiger charge is 2.36. The van der Waals surface area contributed by atoms with Crippen LogP contribution < -0.4 is 4.90 Å². The van der Waals surface area contributed by atoms with Crippen LogP contribution in [0, 0.1) is 5.92 Å². The van der Waals surface area contributed by atoms with Gasteiger partial charge in [-0.05, 0) is 42.7 Å². The molecule has 0 saturated carbocycles. The number of nitrogens with zero attached hydrogens (tertiary/aromatic N) is 4. The first kappa shape index (κ1) is 21.1. The zero-order valence-corrected chi connectivity index (χ0v) is 19.6. The number of piperidine rings is 1. The highest BCUT2D eigenvalue weighted by Crippen LogP contribution is 2.35. The maximum atomic E-state index is 13.5. The molecule has 1 fully saturated rings. The molecule has 1 aliphatic rings. The van der Waals surface area contributed by atoms with Crippen LogP contribution in [0.15, 0.2) is 65.4 Å². The first-order chi connectivity index (χ1) is 15.4. The maximum Gasteiger partial charge on any atom is 0.252 e. The molecule has 166 valence electrons. The first-order valence-electron chi connectivity index (χ1n) is 10.6. The van der Waals surface area contributed by atoms with Gasteiger partial charge < -0.3 is 9.88 Å². The Morgan fingerprint density at radius 1 is 1.19 bits per heavy atom. The van der Waals surface area contributed by atoms with E-state index >= 15 is 0 Å². The van der Waals surface area contributed by atoms with E-state index in [4.69, 9.17) is 0 Å². The Bertz CT molecular complexity index is 1330. The molecule has 0 aromatic carbocycles. The molecule has 2 atom stereocenters. The van der Waals surface area contributed by atoms with Gasteiger partial charge in [0.25, 0.3) is 10.0 Å². The number of pyridine rings is 2. The fourth-order valence-corrected chi connectivity index (χ4v) is 7.35. The van der Waals surface area contributed by atoms with Crippen molar-refractivity contribution in [3.8, 4) is 10.4 Å². The average Bonchev–Trinajstić information content (AvgIpc) is 3.49. The fraction of sp³-hybridized carbons (Fsp3) is 0.304. The molecular formula is C23H25N5O2S2. The molecule has 1 N–H and O–H groups in total. The number of nitrogens with one attached hydrogen (secondary N) is 1. The van der Waals surface area contributed by atoms with Crippen molar-refractivity contribution in [1.82, 2.24) is 19.3 Å². The number of fused-ring (bicyclic) bond motifs is 1. The average molecular weight is 468 g/mol. The summed E-state index contributed by atoms with van der Waals surface area (Å²) in [6, 6.07) is 11.5. The van der Waals surface area contributed by atoms with Crippen LogP contribution in [0.3, 0.4) is 0 Å². The van der Waals surface area contributed by atoms with Gasteiger partial charge in [0.2, 0.25) is 0 Å². The molecule has 0 radical (unpaired) electrons. The molecule has 5 rings (SSSR count). The Kier molecular flexibility index (Phi) is 5.48. The molecule has 7 nitrogen and oxygen atoms in total. The number of sulfonamides is 1. The summed E-state index contributed by atoms with van der Waals surface area (Å²) in [6.45, 7) is 3.19. The van der Waals surface area contributed by atoms with Crippen LogP contribution in [0.1, 0.15) is 13.3 Å². The molecule has 32 heavy (non-hydrogen) atoms. The second-order valence-electron chi connectivity index (χ2n) is 8.24. The van der Waals surface area contributed by atoms with E-state index < -0.39 is 10.0 Å². The number of hydrogen-bond acceptors (Lipinski definition) is 6. The molecule has 1 saturated heterocycles. The van der Waals surface area contributed by atoms with Gasteiger partial charge in [-0.25, -0.2) is 13.4 Å². The molecule has 1 aliphatic heterocycles. The van der Waals surface area contributed by atoms with Crippen LogP contribution in [0.2, 0.25) is 0 Å². The summed E-state index contributed by atoms with van der Waals surface area (Å²) in [5, 5.41) is 1.04. The number of H-pyrrole nitrogens is 1. The lowest BCUT2D eigenvalue weighted by molar-refractivity contribution is 0.248. The van der Waals surface area contributed by atoms with Gasteiger partial charge >= 0.3 is 0 Å². The number of aromatic nitrogens is 3. The number of rotatable bonds is 5. The summed E-state index contributed by atoms with van der Waals surface area (Å²) in [5.41, 5.74) is 2.82. The minimum absolute atomic E-state index is 0.0665. The van der Waals surface area contributed by atoms with Crippen molar-refractivity contribution in [3.05, 3.63) is 61.2 Å². The van der Waals surface area contributed by atoms with Gasteiger partial charge in [0.15, 0.2) is 0 Å². The molecule has 5 heterocycles. The number of hydrogen-bond donors (Lipinski definition) is 1. The molecule has 0 spiro atoms. The number of likely N-dealkylation sites (N-methyl/N-ethyl adjacent to an activating group) is 1. The second-order valence-corrected chi connectivity index (χ2v) is 11.5. The normalized spacial score (nSPS) is 19.9. The van der Waals surface area contributed by atoms with E-state index in [2.05, 4.69) is 26.8 Å². The predicted octanol–water partition coefficient (Wildman–Crippen LogP) is 4.22. The van der Waals surface area contributed by atoms with Gasteiger partial charge in [-0.3, -0.25) is 4.98 Å². The topological polar surface area (TPSA) is 82.2 Å². The lowest BCUT2D eigenvalue weighted by Crippen LogP contribution is -2.52. The number of thiophene rings is 1. The van der Waals surface area contributed by atoms with Crippen molar-refractivity contribution < 1.29 is 8.42 Å². The van der Waals surface area contributed by atoms with E-state index in [0.717, 1.165) is 33.6 Å². The Balaban J connectivity index is 1.41. The highest BCUT2D eigenvalue weighted by molar-refractivity contribution is 7.91. The fourth-order valence-electron chi connectivity index (χ4n) is 4.42. The van der Waals surface area contributed by atoms with Gasteiger partial charge in [-0.15, -0.1) is 11.3 Å². The smallest absolute Gasteiger partial charge is 0.252 e. The lowest BCUT2D eigenvalue weighted by atomic mass is 9.93. The molecule has 0 amide bonds. The van der Waals surface area contributed by atoms with Crippen molar-refractivity contribution in [2.45, 2.75) is 23.6 Å². The van der Waals surface area contributed by atoms with Crippen LogP contribution in [0.25, 0.3) is 21.5 Å². The lowest BCUT2D eigenvalue weighted by Gasteiger charge is -2.42. The standard InChI is InChI=1S/C23H25N5O2S2/c1-16-9-13-28(15-20(16)27(2)19-8-12-26-23-18(19)7-11-25-23)32(29,30)22-6-5-21(31-22)17-4-3-10-24-14-17/h3-8,10-12,14,16,20H,9,13,15H2,1-2H3,(H,25,26). The van der Waals surface area contributed by atoms with Gasteiger partial charge in [-0.2, -0.15) is 4.31 Å². The van der Waals surface area contributed by atoms with Gasteiger partial charge in [-0.1, -0.05) is 13.0 Å². The first-order valence-corrected chi connectivity index (χ1v) is 12.9. The van der Waals surface area contributed by atoms with Crippen molar-refractivity contribution in [3.63, 3.8) is 0 Å². The van der Waals surface area contributed by atoms with Crippen molar-refractivity contribution in [2.24, 2.45) is 5.92 Å². The molecule has 0 aliphatic carbocycles. The maximum absolute atomic E-state index is 13.5. The molecular weight excluding hydrogens is 442 g/mol. The minimum Gasteiger partial charge on any atom is -0.369 e. The minimum atomic E-state index is -3.57. The second kappa shape index (κ2) is 8.31. The van der Waals surface area contributed by atoms with Gasteiger partial charge in [0.1, 0.15) is 9.86 Å². The van der Waals surface area contributed by atoms with Crippen molar-refractivity contribution in [1.29, 1.82) is 0 Å². The van der Waals surface area contributed by atoms with Crippen LogP contribution in [0.4, 0.5) is 5.69 Å². The quantitative estimate of drug-likeness (QED) is 0.475. The molecule has 0 bridgehead atoms. The highest BCUT2D eigenvalue weighted by atomic mass is 32.2. The third kappa shape index (κ3) is 3.70. The zero-order valence-electron chi connectivity index (χ0n) is 18.0. The summed E-state index contributed by atoms with van der Waals surface area (Å²) in [5.74, 6) is 0.364. The van der Waals surface area contributed by atoms with Gasteiger partial charge in [0.05, 0.1) is 0 Å². The Morgan fingerprint density at radius 2 is 2.06 bits per heavy atom. The Hall–Kier alpha value is -2.75. The monoisotopic (exact) mass is 467 g/mol. The third-order valence-corrected chi connectivity index (χ3v) is 9.78. The largest absolute Gasteiger partial charge is 0.369 e. The van der Waals surface area contributed by atoms with E-state index in [9.17, 15) is 8.42 Å². The van der Waals surface area contributed by atoms with Gasteiger partial charge in [0, 0.05) is 72.5 Å². The van der Waals surface area contributed by atoms with Crippen LogP contribution in [0.5, 0.6) is 0 Å². The van der Waals surface area contributed by atoms with E-state index in [-0.39, 0.29) is 6.04 Å². The third-order valence-electron chi connectivity index (χ3n) is 6.32. The summed E-state index contributed by atoms with van der Waals surface area (Å²) in [4.78, 5) is 14.8. The summed E-state index contributed by atoms with van der Waals surface area (Å²) < 4.78 is 29.0. The Labute approximate surface area is 191 Å². The number of aromatic amines is 1. The zero-order chi connectivity index (χ0) is 22.3. The van der Waals surface area contributed by atoms with Crippen LogP contribution in [-0.2, 0) is 10.0 Å². The van der Waals surface area contributed by atoms with Crippen LogP contribution >= 0.6 is 11.3 Å². The SMILES string of the molecule is CC1CCN(S(=O)(=O)c2ccc(-c3cccnc3)s2)CC1N(C)c1ccnc2[nH]ccc12.